The van der Waals surface area contributed by atoms with Gasteiger partial charge in [0.05, 0.1) is 11.1 Å². The van der Waals surface area contributed by atoms with Crippen LogP contribution in [-0.2, 0) is 0 Å². The third kappa shape index (κ3) is 4.57. The number of rotatable bonds is 7. The van der Waals surface area contributed by atoms with E-state index >= 15 is 0 Å². The van der Waals surface area contributed by atoms with Crippen LogP contribution in [0.2, 0.25) is 0 Å². The Bertz CT molecular complexity index is 1330. The van der Waals surface area contributed by atoms with Crippen molar-refractivity contribution in [1.29, 1.82) is 0 Å². The number of nitrogens with one attached hydrogen (secondary N) is 1. The molecule has 0 amide bonds. The topological polar surface area (TPSA) is 66.8 Å². The van der Waals surface area contributed by atoms with Crippen LogP contribution in [-0.4, -0.2) is 40.6 Å². The molecule has 0 aliphatic rings. The Balaban J connectivity index is 1.51. The van der Waals surface area contributed by atoms with Crippen molar-refractivity contribution in [2.75, 3.05) is 30.9 Å². The van der Waals surface area contributed by atoms with E-state index in [4.69, 9.17) is 9.97 Å². The first-order valence-electron chi connectivity index (χ1n) is 11.3. The highest BCUT2D eigenvalue weighted by Crippen LogP contribution is 2.28. The second-order valence-corrected chi connectivity index (χ2v) is 8.33. The Morgan fingerprint density at radius 2 is 1.32 bits per heavy atom. The molecule has 34 heavy (non-hydrogen) atoms. The lowest BCUT2D eigenvalue weighted by Gasteiger charge is -2.20. The van der Waals surface area contributed by atoms with Gasteiger partial charge in [0.2, 0.25) is 5.95 Å². The Morgan fingerprint density at radius 3 is 1.94 bits per heavy atom. The molecule has 2 heterocycles. The van der Waals surface area contributed by atoms with E-state index in [0.717, 1.165) is 22.3 Å². The van der Waals surface area contributed by atoms with Gasteiger partial charge in [0.1, 0.15) is 5.82 Å². The van der Waals surface area contributed by atoms with Gasteiger partial charge in [0.25, 0.3) is 0 Å². The maximum Gasteiger partial charge on any atom is 0.224 e. The highest BCUT2D eigenvalue weighted by molar-refractivity contribution is 5.90. The van der Waals surface area contributed by atoms with Crippen LogP contribution < -0.4 is 10.2 Å². The van der Waals surface area contributed by atoms with Crippen molar-refractivity contribution in [2.24, 2.45) is 0 Å². The monoisotopic (exact) mass is 446 g/mol. The van der Waals surface area contributed by atoms with E-state index in [2.05, 4.69) is 63.8 Å². The minimum Gasteiger partial charge on any atom is -0.368 e. The molecule has 0 saturated carbocycles. The second kappa shape index (κ2) is 9.67. The summed E-state index contributed by atoms with van der Waals surface area (Å²) in [5.74, 6) is 2.23. The Labute approximate surface area is 199 Å². The number of hydrogen-bond donors (Lipinski definition) is 1. The number of nitrogens with zero attached hydrogens (tertiary/aromatic N) is 5. The average molecular weight is 447 g/mol. The third-order valence-corrected chi connectivity index (χ3v) is 5.78. The predicted molar refractivity (Wildman–Crippen MR) is 138 cm³/mol. The molecule has 2 aromatic heterocycles. The van der Waals surface area contributed by atoms with Gasteiger partial charge in [-0.25, -0.2) is 19.9 Å². The molecule has 5 aromatic rings. The SMILES string of the molecule is CN(C)c1ncc(-c2nc(NCC(c3ccccc3)c3ccccc3)c3ccccc3n2)cn1. The van der Waals surface area contributed by atoms with Gasteiger partial charge in [-0.05, 0) is 23.3 Å². The molecule has 3 aromatic carbocycles. The largest absolute Gasteiger partial charge is 0.368 e. The van der Waals surface area contributed by atoms with Gasteiger partial charge >= 0.3 is 0 Å². The van der Waals surface area contributed by atoms with Crippen molar-refractivity contribution < 1.29 is 0 Å². The quantitative estimate of drug-likeness (QED) is 0.361. The summed E-state index contributed by atoms with van der Waals surface area (Å²) in [5.41, 5.74) is 4.17. The summed E-state index contributed by atoms with van der Waals surface area (Å²) in [5, 5.41) is 4.61. The Hall–Kier alpha value is -4.32. The lowest BCUT2D eigenvalue weighted by molar-refractivity contribution is 0.849. The molecule has 0 spiro atoms. The summed E-state index contributed by atoms with van der Waals surface area (Å²) in [7, 11) is 3.83. The van der Waals surface area contributed by atoms with Crippen LogP contribution in [0.1, 0.15) is 17.0 Å². The van der Waals surface area contributed by atoms with E-state index in [9.17, 15) is 0 Å². The highest BCUT2D eigenvalue weighted by Gasteiger charge is 2.16. The molecular weight excluding hydrogens is 420 g/mol. The van der Waals surface area contributed by atoms with Gasteiger partial charge in [0, 0.05) is 44.3 Å². The lowest BCUT2D eigenvalue weighted by atomic mass is 9.91. The molecule has 0 aliphatic carbocycles. The van der Waals surface area contributed by atoms with Crippen molar-refractivity contribution >= 4 is 22.7 Å². The van der Waals surface area contributed by atoms with Gasteiger partial charge < -0.3 is 10.2 Å². The number of fused-ring (bicyclic) bond motifs is 1. The van der Waals surface area contributed by atoms with E-state index in [1.54, 1.807) is 12.4 Å². The van der Waals surface area contributed by atoms with Gasteiger partial charge in [-0.15, -0.1) is 0 Å². The number of benzene rings is 3. The zero-order valence-corrected chi connectivity index (χ0v) is 19.3. The third-order valence-electron chi connectivity index (χ3n) is 5.78. The molecule has 6 heteroatoms. The van der Waals surface area contributed by atoms with Gasteiger partial charge in [0.15, 0.2) is 5.82 Å². The summed E-state index contributed by atoms with van der Waals surface area (Å²) >= 11 is 0. The van der Waals surface area contributed by atoms with Crippen molar-refractivity contribution in [3.05, 3.63) is 108 Å². The maximum absolute atomic E-state index is 4.89. The van der Waals surface area contributed by atoms with Crippen LogP contribution in [0.25, 0.3) is 22.3 Å². The molecule has 0 unspecified atom stereocenters. The molecule has 1 N–H and O–H groups in total. The van der Waals surface area contributed by atoms with Crippen LogP contribution in [0.5, 0.6) is 0 Å². The number of hydrogen-bond acceptors (Lipinski definition) is 6. The average Bonchev–Trinajstić information content (AvgIpc) is 2.90. The van der Waals surface area contributed by atoms with Crippen molar-refractivity contribution in [1.82, 2.24) is 19.9 Å². The van der Waals surface area contributed by atoms with Crippen molar-refractivity contribution in [3.8, 4) is 11.4 Å². The molecule has 168 valence electrons. The summed E-state index contributed by atoms with van der Waals surface area (Å²) in [6, 6.07) is 29.2. The number of para-hydroxylation sites is 1. The van der Waals surface area contributed by atoms with Crippen molar-refractivity contribution in [2.45, 2.75) is 5.92 Å². The lowest BCUT2D eigenvalue weighted by Crippen LogP contribution is -2.15. The summed E-state index contributed by atoms with van der Waals surface area (Å²) in [4.78, 5) is 20.4. The highest BCUT2D eigenvalue weighted by atomic mass is 15.2. The smallest absolute Gasteiger partial charge is 0.224 e. The van der Waals surface area contributed by atoms with Gasteiger partial charge in [-0.3, -0.25) is 0 Å². The van der Waals surface area contributed by atoms with E-state index in [1.807, 2.05) is 55.4 Å². The van der Waals surface area contributed by atoms with E-state index in [0.29, 0.717) is 18.3 Å². The zero-order chi connectivity index (χ0) is 23.3. The molecule has 0 fully saturated rings. The van der Waals surface area contributed by atoms with Crippen LogP contribution >= 0.6 is 0 Å². The van der Waals surface area contributed by atoms with Crippen LogP contribution in [0.15, 0.2) is 97.3 Å². The van der Waals surface area contributed by atoms with E-state index < -0.39 is 0 Å². The zero-order valence-electron chi connectivity index (χ0n) is 19.3. The minimum absolute atomic E-state index is 0.183. The molecule has 0 saturated heterocycles. The summed E-state index contributed by atoms with van der Waals surface area (Å²) < 4.78 is 0. The molecule has 0 bridgehead atoms. The second-order valence-electron chi connectivity index (χ2n) is 8.33. The van der Waals surface area contributed by atoms with Gasteiger partial charge in [-0.2, -0.15) is 0 Å². The van der Waals surface area contributed by atoms with Crippen LogP contribution in [0.4, 0.5) is 11.8 Å². The van der Waals surface area contributed by atoms with Crippen molar-refractivity contribution in [3.63, 3.8) is 0 Å². The summed E-state index contributed by atoms with van der Waals surface area (Å²) in [6.07, 6.45) is 3.54. The Kier molecular flexibility index (Phi) is 6.12. The predicted octanol–water partition coefficient (Wildman–Crippen LogP) is 5.40. The molecular formula is C28H26N6. The standard InChI is InChI=1S/C28H26N6/c1-34(2)28-30-17-22(18-31-28)26-32-25-16-10-9-15-23(25)27(33-26)29-19-24(20-11-5-3-6-12-20)21-13-7-4-8-14-21/h3-18,24H,19H2,1-2H3,(H,29,32,33). The first kappa shape index (κ1) is 21.5. The maximum atomic E-state index is 4.89. The first-order valence-corrected chi connectivity index (χ1v) is 11.3. The fraction of sp³-hybridized carbons (Fsp3) is 0.143. The fourth-order valence-corrected chi connectivity index (χ4v) is 4.01. The van der Waals surface area contributed by atoms with Crippen LogP contribution in [0, 0.1) is 0 Å². The normalized spacial score (nSPS) is 11.0. The fourth-order valence-electron chi connectivity index (χ4n) is 4.01. The minimum atomic E-state index is 0.183. The first-order chi connectivity index (χ1) is 16.7. The van der Waals surface area contributed by atoms with Gasteiger partial charge in [-0.1, -0.05) is 72.8 Å². The number of anilines is 2. The van der Waals surface area contributed by atoms with E-state index in [1.165, 1.54) is 11.1 Å². The van der Waals surface area contributed by atoms with Crippen LogP contribution in [0.3, 0.4) is 0 Å². The van der Waals surface area contributed by atoms with E-state index in [-0.39, 0.29) is 5.92 Å². The molecule has 0 aliphatic heterocycles. The molecule has 5 rings (SSSR count). The molecule has 0 atom stereocenters. The Morgan fingerprint density at radius 1 is 0.735 bits per heavy atom. The summed E-state index contributed by atoms with van der Waals surface area (Å²) in [6.45, 7) is 0.699. The molecule has 6 nitrogen and oxygen atoms in total. The number of aromatic nitrogens is 4. The molecule has 0 radical (unpaired) electrons.